The predicted octanol–water partition coefficient (Wildman–Crippen LogP) is 4.17. The number of aryl methyl sites for hydroxylation is 2. The molecule has 0 spiro atoms. The van der Waals surface area contributed by atoms with Crippen LogP contribution >= 0.6 is 23.3 Å². The van der Waals surface area contributed by atoms with Crippen molar-refractivity contribution in [2.24, 2.45) is 0 Å². The van der Waals surface area contributed by atoms with E-state index in [0.717, 1.165) is 16.3 Å². The molecule has 0 saturated carbocycles. The molecule has 0 aliphatic carbocycles. The topological polar surface area (TPSA) is 50.7 Å². The lowest BCUT2D eigenvalue weighted by molar-refractivity contribution is 1.22. The van der Waals surface area contributed by atoms with Crippen LogP contribution in [0.2, 0.25) is 0 Å². The summed E-state index contributed by atoms with van der Waals surface area (Å²) in [5.74, 6) is 1.39. The van der Waals surface area contributed by atoms with Crippen molar-refractivity contribution in [2.75, 3.05) is 11.6 Å². The first-order valence-electron chi connectivity index (χ1n) is 6.18. The molecule has 0 atom stereocenters. The molecule has 102 valence electrons. The SMILES string of the molecule is CSc1ccc2c(C)cc(Nc3nsc(C)n3)nc2c1. The van der Waals surface area contributed by atoms with Crippen LogP contribution in [0.4, 0.5) is 11.8 Å². The van der Waals surface area contributed by atoms with Gasteiger partial charge in [-0.3, -0.25) is 0 Å². The zero-order chi connectivity index (χ0) is 14.1. The Morgan fingerprint density at radius 3 is 2.70 bits per heavy atom. The van der Waals surface area contributed by atoms with E-state index in [4.69, 9.17) is 0 Å². The molecular weight excluding hydrogens is 288 g/mol. The summed E-state index contributed by atoms with van der Waals surface area (Å²) in [5, 5.41) is 5.28. The lowest BCUT2D eigenvalue weighted by atomic mass is 10.1. The minimum atomic E-state index is 0.611. The van der Waals surface area contributed by atoms with E-state index in [1.807, 2.05) is 13.0 Å². The highest BCUT2D eigenvalue weighted by Crippen LogP contribution is 2.26. The molecule has 0 aliphatic heterocycles. The first-order chi connectivity index (χ1) is 9.65. The number of fused-ring (bicyclic) bond motifs is 1. The fourth-order valence-electron chi connectivity index (χ4n) is 2.04. The molecule has 0 fully saturated rings. The predicted molar refractivity (Wildman–Crippen MR) is 86.2 cm³/mol. The highest BCUT2D eigenvalue weighted by molar-refractivity contribution is 7.98. The van der Waals surface area contributed by atoms with Crippen LogP contribution in [0.1, 0.15) is 10.6 Å². The van der Waals surface area contributed by atoms with Crippen LogP contribution in [0.15, 0.2) is 29.2 Å². The van der Waals surface area contributed by atoms with Crippen molar-refractivity contribution in [2.45, 2.75) is 18.7 Å². The van der Waals surface area contributed by atoms with E-state index in [-0.39, 0.29) is 0 Å². The fourth-order valence-corrected chi connectivity index (χ4v) is 2.90. The van der Waals surface area contributed by atoms with Crippen molar-refractivity contribution in [3.63, 3.8) is 0 Å². The number of hydrogen-bond acceptors (Lipinski definition) is 6. The Hall–Kier alpha value is -1.66. The maximum Gasteiger partial charge on any atom is 0.240 e. The van der Waals surface area contributed by atoms with Crippen molar-refractivity contribution in [3.8, 4) is 0 Å². The van der Waals surface area contributed by atoms with E-state index in [2.05, 4.69) is 51.0 Å². The molecule has 2 aromatic heterocycles. The Morgan fingerprint density at radius 1 is 1.15 bits per heavy atom. The van der Waals surface area contributed by atoms with Crippen molar-refractivity contribution in [1.29, 1.82) is 0 Å². The molecule has 1 aromatic carbocycles. The molecule has 2 heterocycles. The average molecular weight is 302 g/mol. The van der Waals surface area contributed by atoms with E-state index in [0.29, 0.717) is 5.95 Å². The first-order valence-corrected chi connectivity index (χ1v) is 8.18. The Labute approximate surface area is 125 Å². The number of benzene rings is 1. The molecule has 3 aromatic rings. The van der Waals surface area contributed by atoms with Gasteiger partial charge in [0.05, 0.1) is 5.52 Å². The minimum Gasteiger partial charge on any atom is -0.308 e. The van der Waals surface area contributed by atoms with Gasteiger partial charge in [0.1, 0.15) is 10.8 Å². The molecule has 0 unspecified atom stereocenters. The fraction of sp³-hybridized carbons (Fsp3) is 0.214. The summed E-state index contributed by atoms with van der Waals surface area (Å²) >= 11 is 3.10. The second-order valence-corrected chi connectivity index (χ2v) is 6.31. The largest absolute Gasteiger partial charge is 0.308 e. The van der Waals surface area contributed by atoms with Gasteiger partial charge in [-0.1, -0.05) is 6.07 Å². The standard InChI is InChI=1S/C14H14N4S2/c1-8-6-13(17-14-15-9(2)20-18-14)16-12-7-10(19-3)4-5-11(8)12/h4-7H,1-3H3,(H,16,17,18). The van der Waals surface area contributed by atoms with Crippen LogP contribution in [-0.4, -0.2) is 20.6 Å². The van der Waals surface area contributed by atoms with Gasteiger partial charge in [-0.15, -0.1) is 11.8 Å². The Kier molecular flexibility index (Phi) is 3.58. The van der Waals surface area contributed by atoms with Crippen molar-refractivity contribution in [3.05, 3.63) is 34.8 Å². The van der Waals surface area contributed by atoms with Gasteiger partial charge in [0.15, 0.2) is 0 Å². The molecule has 0 radical (unpaired) electrons. The first kappa shape index (κ1) is 13.3. The number of hydrogen-bond donors (Lipinski definition) is 1. The molecule has 3 rings (SSSR count). The van der Waals surface area contributed by atoms with Gasteiger partial charge in [0.2, 0.25) is 5.95 Å². The molecule has 0 saturated heterocycles. The molecule has 0 aliphatic rings. The summed E-state index contributed by atoms with van der Waals surface area (Å²) < 4.78 is 4.23. The van der Waals surface area contributed by atoms with Crippen LogP contribution in [0.5, 0.6) is 0 Å². The van der Waals surface area contributed by atoms with Crippen LogP contribution in [0.3, 0.4) is 0 Å². The summed E-state index contributed by atoms with van der Waals surface area (Å²) in [7, 11) is 0. The number of pyridine rings is 1. The second kappa shape index (κ2) is 5.38. The van der Waals surface area contributed by atoms with E-state index in [9.17, 15) is 0 Å². The van der Waals surface area contributed by atoms with Crippen LogP contribution in [0, 0.1) is 13.8 Å². The van der Waals surface area contributed by atoms with Gasteiger partial charge in [0.25, 0.3) is 0 Å². The third-order valence-electron chi connectivity index (χ3n) is 2.99. The summed E-state index contributed by atoms with van der Waals surface area (Å²) in [4.78, 5) is 10.2. The van der Waals surface area contributed by atoms with E-state index < -0.39 is 0 Å². The van der Waals surface area contributed by atoms with Crippen LogP contribution in [-0.2, 0) is 0 Å². The summed E-state index contributed by atoms with van der Waals surface area (Å²) in [6.45, 7) is 4.03. The van der Waals surface area contributed by atoms with E-state index in [1.165, 1.54) is 27.4 Å². The quantitative estimate of drug-likeness (QED) is 0.736. The lowest BCUT2D eigenvalue weighted by Crippen LogP contribution is -1.97. The summed E-state index contributed by atoms with van der Waals surface area (Å²) in [6, 6.07) is 8.38. The zero-order valence-electron chi connectivity index (χ0n) is 11.5. The molecule has 6 heteroatoms. The van der Waals surface area contributed by atoms with Gasteiger partial charge in [0, 0.05) is 10.3 Å². The second-order valence-electron chi connectivity index (χ2n) is 4.47. The van der Waals surface area contributed by atoms with E-state index in [1.54, 1.807) is 11.8 Å². The van der Waals surface area contributed by atoms with Crippen molar-refractivity contribution >= 4 is 46.0 Å². The molecule has 0 bridgehead atoms. The third kappa shape index (κ3) is 2.62. The number of nitrogens with zero attached hydrogens (tertiary/aromatic N) is 3. The Bertz CT molecular complexity index is 767. The van der Waals surface area contributed by atoms with Gasteiger partial charge in [-0.05, 0) is 55.4 Å². The lowest BCUT2D eigenvalue weighted by Gasteiger charge is -2.07. The number of nitrogens with one attached hydrogen (secondary N) is 1. The average Bonchev–Trinajstić information content (AvgIpc) is 2.83. The maximum absolute atomic E-state index is 4.65. The Morgan fingerprint density at radius 2 is 2.00 bits per heavy atom. The summed E-state index contributed by atoms with van der Waals surface area (Å²) in [6.07, 6.45) is 2.07. The highest BCUT2D eigenvalue weighted by Gasteiger charge is 2.06. The van der Waals surface area contributed by atoms with Crippen molar-refractivity contribution in [1.82, 2.24) is 14.3 Å². The van der Waals surface area contributed by atoms with Gasteiger partial charge >= 0.3 is 0 Å². The molecule has 20 heavy (non-hydrogen) atoms. The smallest absolute Gasteiger partial charge is 0.240 e. The monoisotopic (exact) mass is 302 g/mol. The van der Waals surface area contributed by atoms with Gasteiger partial charge < -0.3 is 5.32 Å². The Balaban J connectivity index is 2.03. The van der Waals surface area contributed by atoms with Gasteiger partial charge in [-0.25, -0.2) is 9.97 Å². The molecule has 1 N–H and O–H groups in total. The van der Waals surface area contributed by atoms with Crippen LogP contribution < -0.4 is 5.32 Å². The van der Waals surface area contributed by atoms with Crippen molar-refractivity contribution < 1.29 is 0 Å². The number of thioether (sulfide) groups is 1. The third-order valence-corrected chi connectivity index (χ3v) is 4.34. The zero-order valence-corrected chi connectivity index (χ0v) is 13.1. The maximum atomic E-state index is 4.65. The molecular formula is C14H14N4S2. The van der Waals surface area contributed by atoms with E-state index >= 15 is 0 Å². The summed E-state index contributed by atoms with van der Waals surface area (Å²) in [5.41, 5.74) is 2.18. The van der Waals surface area contributed by atoms with Crippen LogP contribution in [0.25, 0.3) is 10.9 Å². The highest BCUT2D eigenvalue weighted by atomic mass is 32.2. The normalized spacial score (nSPS) is 10.9. The number of rotatable bonds is 3. The number of aromatic nitrogens is 3. The molecule has 4 nitrogen and oxygen atoms in total. The minimum absolute atomic E-state index is 0.611. The molecule has 0 amide bonds. The number of anilines is 2. The van der Waals surface area contributed by atoms with Gasteiger partial charge in [-0.2, -0.15) is 4.37 Å².